The average molecular weight is 317 g/mol. The summed E-state index contributed by atoms with van der Waals surface area (Å²) in [7, 11) is 0. The summed E-state index contributed by atoms with van der Waals surface area (Å²) in [5, 5.41) is 1.53. The summed E-state index contributed by atoms with van der Waals surface area (Å²) in [5.41, 5.74) is 6.57. The Morgan fingerprint density at radius 3 is 2.70 bits per heavy atom. The highest BCUT2D eigenvalue weighted by Crippen LogP contribution is 2.24. The number of hydrogen-bond acceptors (Lipinski definition) is 3. The van der Waals surface area contributed by atoms with Crippen molar-refractivity contribution >= 4 is 23.2 Å². The molecule has 1 aliphatic rings. The Morgan fingerprint density at radius 1 is 1.25 bits per heavy atom. The third-order valence-corrected chi connectivity index (χ3v) is 4.24. The van der Waals surface area contributed by atoms with Crippen molar-refractivity contribution in [2.45, 2.75) is 31.9 Å². The van der Waals surface area contributed by atoms with Gasteiger partial charge in [-0.2, -0.15) is 0 Å². The zero-order valence-electron chi connectivity index (χ0n) is 11.7. The molecule has 0 spiro atoms. The van der Waals surface area contributed by atoms with E-state index in [0.29, 0.717) is 12.6 Å². The number of nitrogens with zero attached hydrogens (tertiary/aromatic N) is 1. The number of piperidine rings is 1. The summed E-state index contributed by atoms with van der Waals surface area (Å²) in [6.07, 6.45) is 3.47. The highest BCUT2D eigenvalue weighted by molar-refractivity contribution is 6.33. The van der Waals surface area contributed by atoms with Gasteiger partial charge in [-0.25, -0.2) is 0 Å². The van der Waals surface area contributed by atoms with E-state index >= 15 is 0 Å². The number of halogens is 2. The SMILES string of the molecule is NCCCOC1CCN(Cc2cc(Cl)ccc2Cl)CC1. The number of rotatable bonds is 6. The Kier molecular flexibility index (Phi) is 6.59. The number of ether oxygens (including phenoxy) is 1. The zero-order valence-corrected chi connectivity index (χ0v) is 13.2. The first-order chi connectivity index (χ1) is 9.69. The van der Waals surface area contributed by atoms with Crippen molar-refractivity contribution in [2.24, 2.45) is 5.73 Å². The lowest BCUT2D eigenvalue weighted by molar-refractivity contribution is 0.00564. The van der Waals surface area contributed by atoms with E-state index in [2.05, 4.69) is 4.90 Å². The van der Waals surface area contributed by atoms with Crippen LogP contribution in [0.5, 0.6) is 0 Å². The molecule has 2 N–H and O–H groups in total. The van der Waals surface area contributed by atoms with Gasteiger partial charge in [-0.1, -0.05) is 23.2 Å². The van der Waals surface area contributed by atoms with Crippen LogP contribution in [0.15, 0.2) is 18.2 Å². The minimum Gasteiger partial charge on any atom is -0.378 e. The quantitative estimate of drug-likeness (QED) is 0.818. The van der Waals surface area contributed by atoms with Crippen LogP contribution < -0.4 is 5.73 Å². The third-order valence-electron chi connectivity index (χ3n) is 3.64. The van der Waals surface area contributed by atoms with E-state index in [1.54, 1.807) is 0 Å². The molecule has 5 heteroatoms. The number of hydrogen-bond donors (Lipinski definition) is 1. The molecule has 1 aliphatic heterocycles. The predicted molar refractivity (Wildman–Crippen MR) is 84.4 cm³/mol. The maximum atomic E-state index is 6.21. The molecule has 1 heterocycles. The molecule has 0 saturated carbocycles. The molecule has 0 unspecified atom stereocenters. The van der Waals surface area contributed by atoms with Crippen molar-refractivity contribution in [3.8, 4) is 0 Å². The van der Waals surface area contributed by atoms with Gasteiger partial charge in [0.2, 0.25) is 0 Å². The lowest BCUT2D eigenvalue weighted by Crippen LogP contribution is -2.36. The van der Waals surface area contributed by atoms with Crippen LogP contribution in [-0.2, 0) is 11.3 Å². The molecule has 20 heavy (non-hydrogen) atoms. The summed E-state index contributed by atoms with van der Waals surface area (Å²) in [5.74, 6) is 0. The third kappa shape index (κ3) is 4.90. The molecule has 2 rings (SSSR count). The predicted octanol–water partition coefficient (Wildman–Crippen LogP) is 3.32. The topological polar surface area (TPSA) is 38.5 Å². The minimum absolute atomic E-state index is 0.382. The molecule has 3 nitrogen and oxygen atoms in total. The fourth-order valence-electron chi connectivity index (χ4n) is 2.47. The van der Waals surface area contributed by atoms with Crippen LogP contribution in [0.4, 0.5) is 0 Å². The molecule has 1 saturated heterocycles. The molecule has 0 bridgehead atoms. The molecule has 0 atom stereocenters. The number of benzene rings is 1. The van der Waals surface area contributed by atoms with Gasteiger partial charge in [0.05, 0.1) is 6.10 Å². The lowest BCUT2D eigenvalue weighted by atomic mass is 10.1. The molecular formula is C15H22Cl2N2O. The van der Waals surface area contributed by atoms with Crippen LogP contribution in [0, 0.1) is 0 Å². The van der Waals surface area contributed by atoms with Gasteiger partial charge >= 0.3 is 0 Å². The molecule has 1 aromatic rings. The Morgan fingerprint density at radius 2 is 2.00 bits per heavy atom. The molecule has 112 valence electrons. The first-order valence-electron chi connectivity index (χ1n) is 7.17. The molecular weight excluding hydrogens is 295 g/mol. The van der Waals surface area contributed by atoms with Crippen molar-refractivity contribution in [1.29, 1.82) is 0 Å². The van der Waals surface area contributed by atoms with E-state index in [1.165, 1.54) is 0 Å². The monoisotopic (exact) mass is 316 g/mol. The highest BCUT2D eigenvalue weighted by Gasteiger charge is 2.20. The van der Waals surface area contributed by atoms with Crippen molar-refractivity contribution < 1.29 is 4.74 Å². The normalized spacial score (nSPS) is 17.6. The van der Waals surface area contributed by atoms with E-state index in [1.807, 2.05) is 18.2 Å². The first-order valence-corrected chi connectivity index (χ1v) is 7.92. The van der Waals surface area contributed by atoms with Gasteiger partial charge in [-0.3, -0.25) is 4.90 Å². The van der Waals surface area contributed by atoms with Gasteiger partial charge in [0.15, 0.2) is 0 Å². The second-order valence-corrected chi connectivity index (χ2v) is 6.07. The Bertz CT molecular complexity index is 420. The highest BCUT2D eigenvalue weighted by atomic mass is 35.5. The maximum absolute atomic E-state index is 6.21. The van der Waals surface area contributed by atoms with Crippen LogP contribution in [0.1, 0.15) is 24.8 Å². The van der Waals surface area contributed by atoms with Crippen molar-refractivity contribution in [2.75, 3.05) is 26.2 Å². The van der Waals surface area contributed by atoms with Gasteiger partial charge in [0.25, 0.3) is 0 Å². The molecule has 1 fully saturated rings. The smallest absolute Gasteiger partial charge is 0.0599 e. The summed E-state index contributed by atoms with van der Waals surface area (Å²) in [6.45, 7) is 4.41. The molecule has 0 aromatic heterocycles. The van der Waals surface area contributed by atoms with Crippen molar-refractivity contribution in [1.82, 2.24) is 4.90 Å². The zero-order chi connectivity index (χ0) is 14.4. The molecule has 0 aliphatic carbocycles. The minimum atomic E-state index is 0.382. The second-order valence-electron chi connectivity index (χ2n) is 5.22. The van der Waals surface area contributed by atoms with Gasteiger partial charge in [0, 0.05) is 36.3 Å². The lowest BCUT2D eigenvalue weighted by Gasteiger charge is -2.32. The molecule has 0 amide bonds. The van der Waals surface area contributed by atoms with E-state index < -0.39 is 0 Å². The Balaban J connectivity index is 1.78. The van der Waals surface area contributed by atoms with Gasteiger partial charge in [0.1, 0.15) is 0 Å². The maximum Gasteiger partial charge on any atom is 0.0599 e. The Labute approximate surface area is 131 Å². The van der Waals surface area contributed by atoms with Crippen LogP contribution in [0.2, 0.25) is 10.0 Å². The summed E-state index contributed by atoms with van der Waals surface area (Å²) >= 11 is 12.2. The number of likely N-dealkylation sites (tertiary alicyclic amines) is 1. The first kappa shape index (κ1) is 16.1. The molecule has 0 radical (unpaired) electrons. The van der Waals surface area contributed by atoms with Gasteiger partial charge in [-0.15, -0.1) is 0 Å². The molecule has 1 aromatic carbocycles. The van der Waals surface area contributed by atoms with E-state index in [4.69, 9.17) is 33.7 Å². The van der Waals surface area contributed by atoms with E-state index in [9.17, 15) is 0 Å². The Hall–Kier alpha value is -0.320. The fourth-order valence-corrected chi connectivity index (χ4v) is 2.84. The van der Waals surface area contributed by atoms with Crippen molar-refractivity contribution in [3.05, 3.63) is 33.8 Å². The van der Waals surface area contributed by atoms with Crippen LogP contribution in [0.25, 0.3) is 0 Å². The largest absolute Gasteiger partial charge is 0.378 e. The number of nitrogens with two attached hydrogens (primary N) is 1. The standard InChI is InChI=1S/C15H22Cl2N2O/c16-13-2-3-15(17)12(10-13)11-19-7-4-14(5-8-19)20-9-1-6-18/h2-3,10,14H,1,4-9,11,18H2. The van der Waals surface area contributed by atoms with E-state index in [-0.39, 0.29) is 0 Å². The van der Waals surface area contributed by atoms with Crippen LogP contribution in [-0.4, -0.2) is 37.2 Å². The summed E-state index contributed by atoms with van der Waals surface area (Å²) in [4.78, 5) is 2.40. The van der Waals surface area contributed by atoms with Gasteiger partial charge in [-0.05, 0) is 49.6 Å². The fraction of sp³-hybridized carbons (Fsp3) is 0.600. The van der Waals surface area contributed by atoms with Crippen LogP contribution in [0.3, 0.4) is 0 Å². The van der Waals surface area contributed by atoms with Crippen LogP contribution >= 0.6 is 23.2 Å². The summed E-state index contributed by atoms with van der Waals surface area (Å²) in [6, 6.07) is 5.64. The summed E-state index contributed by atoms with van der Waals surface area (Å²) < 4.78 is 5.81. The van der Waals surface area contributed by atoms with Crippen molar-refractivity contribution in [3.63, 3.8) is 0 Å². The second kappa shape index (κ2) is 8.20. The average Bonchev–Trinajstić information content (AvgIpc) is 2.45. The van der Waals surface area contributed by atoms with Gasteiger partial charge < -0.3 is 10.5 Å². The van der Waals surface area contributed by atoms with E-state index in [0.717, 1.165) is 61.1 Å².